The lowest BCUT2D eigenvalue weighted by molar-refractivity contribution is 0.171. The lowest BCUT2D eigenvalue weighted by Gasteiger charge is -2.33. The van der Waals surface area contributed by atoms with Crippen LogP contribution in [0.5, 0.6) is 0 Å². The van der Waals surface area contributed by atoms with Gasteiger partial charge in [-0.15, -0.1) is 0 Å². The molecule has 1 aromatic rings. The Balaban J connectivity index is 1.93. The Bertz CT molecular complexity index is 408. The molecule has 1 heterocycles. The molecule has 19 heavy (non-hydrogen) atoms. The molecule has 1 saturated heterocycles. The van der Waals surface area contributed by atoms with E-state index in [-0.39, 0.29) is 5.92 Å². The summed E-state index contributed by atoms with van der Waals surface area (Å²) in [4.78, 5) is 2.45. The van der Waals surface area contributed by atoms with Crippen LogP contribution >= 0.6 is 0 Å². The Morgan fingerprint density at radius 1 is 1.42 bits per heavy atom. The van der Waals surface area contributed by atoms with E-state index in [1.165, 1.54) is 12.8 Å². The van der Waals surface area contributed by atoms with Gasteiger partial charge in [-0.05, 0) is 44.5 Å². The smallest absolute Gasteiger partial charge is 0.0839 e. The molecule has 0 amide bonds. The average molecular weight is 257 g/mol. The van der Waals surface area contributed by atoms with Crippen LogP contribution in [0.3, 0.4) is 0 Å². The van der Waals surface area contributed by atoms with Crippen LogP contribution in [0, 0.1) is 17.2 Å². The summed E-state index contributed by atoms with van der Waals surface area (Å²) in [5.41, 5.74) is 1.14. The maximum atomic E-state index is 9.39. The SMILES string of the molecule is CNCC1CCCN(CC(C#N)c2ccccc2)C1. The van der Waals surface area contributed by atoms with Gasteiger partial charge in [-0.25, -0.2) is 0 Å². The molecule has 1 aromatic carbocycles. The van der Waals surface area contributed by atoms with E-state index in [9.17, 15) is 5.26 Å². The minimum atomic E-state index is -0.00506. The topological polar surface area (TPSA) is 39.1 Å². The summed E-state index contributed by atoms with van der Waals surface area (Å²) in [7, 11) is 2.01. The van der Waals surface area contributed by atoms with Gasteiger partial charge in [-0.1, -0.05) is 30.3 Å². The van der Waals surface area contributed by atoms with E-state index in [0.717, 1.165) is 37.7 Å². The first-order chi connectivity index (χ1) is 9.33. The number of rotatable bonds is 5. The minimum Gasteiger partial charge on any atom is -0.319 e. The number of nitrogens with zero attached hydrogens (tertiary/aromatic N) is 2. The van der Waals surface area contributed by atoms with Crippen molar-refractivity contribution < 1.29 is 0 Å². The van der Waals surface area contributed by atoms with Crippen molar-refractivity contribution in [2.24, 2.45) is 5.92 Å². The molecular weight excluding hydrogens is 234 g/mol. The zero-order chi connectivity index (χ0) is 13.5. The fourth-order valence-electron chi connectivity index (χ4n) is 2.94. The van der Waals surface area contributed by atoms with Crippen molar-refractivity contribution in [3.63, 3.8) is 0 Å². The number of piperidine rings is 1. The van der Waals surface area contributed by atoms with Crippen LogP contribution < -0.4 is 5.32 Å². The van der Waals surface area contributed by atoms with Gasteiger partial charge in [0, 0.05) is 13.1 Å². The molecule has 2 atom stereocenters. The first kappa shape index (κ1) is 14.0. The third kappa shape index (κ3) is 4.05. The van der Waals surface area contributed by atoms with E-state index in [2.05, 4.69) is 28.4 Å². The largest absolute Gasteiger partial charge is 0.319 e. The molecule has 0 radical (unpaired) electrons. The van der Waals surface area contributed by atoms with Gasteiger partial charge in [0.2, 0.25) is 0 Å². The van der Waals surface area contributed by atoms with Gasteiger partial charge in [0.1, 0.15) is 0 Å². The van der Waals surface area contributed by atoms with Crippen molar-refractivity contribution in [3.05, 3.63) is 35.9 Å². The zero-order valence-corrected chi connectivity index (χ0v) is 11.7. The monoisotopic (exact) mass is 257 g/mol. The van der Waals surface area contributed by atoms with Crippen LogP contribution in [0.4, 0.5) is 0 Å². The molecule has 0 saturated carbocycles. The van der Waals surface area contributed by atoms with E-state index in [0.29, 0.717) is 0 Å². The van der Waals surface area contributed by atoms with Crippen molar-refractivity contribution >= 4 is 0 Å². The Morgan fingerprint density at radius 2 is 2.21 bits per heavy atom. The third-order valence-corrected chi connectivity index (χ3v) is 3.89. The first-order valence-corrected chi connectivity index (χ1v) is 7.15. The molecule has 1 N–H and O–H groups in total. The summed E-state index contributed by atoms with van der Waals surface area (Å²) in [5, 5.41) is 12.7. The summed E-state index contributed by atoms with van der Waals surface area (Å²) in [6.45, 7) is 4.19. The van der Waals surface area contributed by atoms with Crippen LogP contribution in [0.1, 0.15) is 24.3 Å². The van der Waals surface area contributed by atoms with Gasteiger partial charge < -0.3 is 10.2 Å². The second kappa shape index (κ2) is 7.28. The lowest BCUT2D eigenvalue weighted by Crippen LogP contribution is -2.40. The molecule has 3 nitrogen and oxygen atoms in total. The second-order valence-electron chi connectivity index (χ2n) is 5.42. The molecule has 0 aromatic heterocycles. The summed E-state index contributed by atoms with van der Waals surface area (Å²) in [6, 6.07) is 12.6. The van der Waals surface area contributed by atoms with E-state index >= 15 is 0 Å². The predicted molar refractivity (Wildman–Crippen MR) is 77.9 cm³/mol. The molecule has 3 heteroatoms. The Labute approximate surface area is 116 Å². The fourth-order valence-corrected chi connectivity index (χ4v) is 2.94. The number of likely N-dealkylation sites (tertiary alicyclic amines) is 1. The lowest BCUT2D eigenvalue weighted by atomic mass is 9.95. The first-order valence-electron chi connectivity index (χ1n) is 7.15. The number of benzene rings is 1. The van der Waals surface area contributed by atoms with Crippen molar-refractivity contribution in [1.82, 2.24) is 10.2 Å². The van der Waals surface area contributed by atoms with E-state index in [1.807, 2.05) is 25.2 Å². The van der Waals surface area contributed by atoms with Crippen molar-refractivity contribution in [1.29, 1.82) is 5.26 Å². The average Bonchev–Trinajstić information content (AvgIpc) is 2.46. The molecule has 1 fully saturated rings. The van der Waals surface area contributed by atoms with E-state index in [4.69, 9.17) is 0 Å². The number of nitrogens with one attached hydrogen (secondary N) is 1. The molecule has 2 unspecified atom stereocenters. The van der Waals surface area contributed by atoms with Gasteiger partial charge in [0.05, 0.1) is 12.0 Å². The Hall–Kier alpha value is -1.37. The minimum absolute atomic E-state index is 0.00506. The van der Waals surface area contributed by atoms with Gasteiger partial charge in [-0.2, -0.15) is 5.26 Å². The van der Waals surface area contributed by atoms with Crippen molar-refractivity contribution in [2.75, 3.05) is 33.2 Å². The van der Waals surface area contributed by atoms with Crippen LogP contribution in [0.2, 0.25) is 0 Å². The third-order valence-electron chi connectivity index (χ3n) is 3.89. The summed E-state index contributed by atoms with van der Waals surface area (Å²) in [5.74, 6) is 0.725. The summed E-state index contributed by atoms with van der Waals surface area (Å²) in [6.07, 6.45) is 2.55. The second-order valence-corrected chi connectivity index (χ2v) is 5.42. The Morgan fingerprint density at radius 3 is 2.89 bits per heavy atom. The maximum absolute atomic E-state index is 9.39. The van der Waals surface area contributed by atoms with Crippen molar-refractivity contribution in [2.45, 2.75) is 18.8 Å². The van der Waals surface area contributed by atoms with Gasteiger partial charge in [0.25, 0.3) is 0 Å². The highest BCUT2D eigenvalue weighted by Crippen LogP contribution is 2.21. The number of hydrogen-bond donors (Lipinski definition) is 1. The molecule has 1 aliphatic heterocycles. The summed E-state index contributed by atoms with van der Waals surface area (Å²) >= 11 is 0. The summed E-state index contributed by atoms with van der Waals surface area (Å²) < 4.78 is 0. The van der Waals surface area contributed by atoms with Crippen LogP contribution in [0.25, 0.3) is 0 Å². The number of hydrogen-bond acceptors (Lipinski definition) is 3. The normalized spacial score (nSPS) is 21.8. The quantitative estimate of drug-likeness (QED) is 0.879. The van der Waals surface area contributed by atoms with E-state index in [1.54, 1.807) is 0 Å². The molecular formula is C16H23N3. The van der Waals surface area contributed by atoms with Crippen LogP contribution in [-0.2, 0) is 0 Å². The van der Waals surface area contributed by atoms with Crippen LogP contribution in [0.15, 0.2) is 30.3 Å². The van der Waals surface area contributed by atoms with Gasteiger partial charge >= 0.3 is 0 Å². The fraction of sp³-hybridized carbons (Fsp3) is 0.562. The van der Waals surface area contributed by atoms with E-state index < -0.39 is 0 Å². The molecule has 1 aliphatic rings. The highest BCUT2D eigenvalue weighted by atomic mass is 15.1. The molecule has 0 aliphatic carbocycles. The zero-order valence-electron chi connectivity index (χ0n) is 11.7. The van der Waals surface area contributed by atoms with Crippen molar-refractivity contribution in [3.8, 4) is 6.07 Å². The Kier molecular flexibility index (Phi) is 5.38. The van der Waals surface area contributed by atoms with Gasteiger partial charge in [0.15, 0.2) is 0 Å². The predicted octanol–water partition coefficient (Wildman–Crippen LogP) is 2.23. The molecule has 2 rings (SSSR count). The van der Waals surface area contributed by atoms with Gasteiger partial charge in [-0.3, -0.25) is 0 Å². The highest BCUT2D eigenvalue weighted by Gasteiger charge is 2.22. The molecule has 0 bridgehead atoms. The molecule has 102 valence electrons. The highest BCUT2D eigenvalue weighted by molar-refractivity contribution is 5.25. The standard InChI is InChI=1S/C16H23N3/c1-18-11-14-6-5-9-19(12-14)13-16(10-17)15-7-3-2-4-8-15/h2-4,7-8,14,16,18H,5-6,9,11-13H2,1H3. The van der Waals surface area contributed by atoms with Crippen LogP contribution in [-0.4, -0.2) is 38.1 Å². The number of nitriles is 1. The maximum Gasteiger partial charge on any atom is 0.0839 e. The molecule has 0 spiro atoms.